The van der Waals surface area contributed by atoms with Crippen LogP contribution in [0.5, 0.6) is 0 Å². The van der Waals surface area contributed by atoms with Gasteiger partial charge < -0.3 is 14.2 Å². The van der Waals surface area contributed by atoms with Crippen LogP contribution in [0.25, 0.3) is 0 Å². The monoisotopic (exact) mass is 1000 g/mol. The van der Waals surface area contributed by atoms with Crippen molar-refractivity contribution in [2.75, 3.05) is 13.2 Å². The molecule has 0 heterocycles. The molecule has 0 fully saturated rings. The lowest BCUT2D eigenvalue weighted by atomic mass is 10.1. The number of allylic oxidation sites excluding steroid dienone is 12. The molecule has 0 spiro atoms. The van der Waals surface area contributed by atoms with Crippen LogP contribution in [0.1, 0.15) is 310 Å². The Morgan fingerprint density at radius 1 is 0.278 bits per heavy atom. The third-order valence-corrected chi connectivity index (χ3v) is 13.5. The SMILES string of the molecule is CCCCC\C=C/C=C\C=C/C=C\CCCCCCCC(=O)OCC(COC(=O)CCCCCCC/C=C\CCCCCCCCCCC)OC(=O)CCCCCCC/C=C\CCCCCCCCCCC. The highest BCUT2D eigenvalue weighted by Crippen LogP contribution is 2.16. The maximum Gasteiger partial charge on any atom is 0.306 e. The fraction of sp³-hybridized carbons (Fsp3) is 0.773. The lowest BCUT2D eigenvalue weighted by Crippen LogP contribution is -2.30. The molecule has 0 saturated carbocycles. The Morgan fingerprint density at radius 2 is 0.514 bits per heavy atom. The van der Waals surface area contributed by atoms with Crippen molar-refractivity contribution in [3.63, 3.8) is 0 Å². The zero-order chi connectivity index (χ0) is 52.2. The fourth-order valence-electron chi connectivity index (χ4n) is 8.80. The van der Waals surface area contributed by atoms with Crippen molar-refractivity contribution in [3.8, 4) is 0 Å². The second kappa shape index (κ2) is 60.4. The van der Waals surface area contributed by atoms with Gasteiger partial charge in [0.25, 0.3) is 0 Å². The Balaban J connectivity index is 4.44. The van der Waals surface area contributed by atoms with Crippen molar-refractivity contribution in [1.29, 1.82) is 0 Å². The Hall–Kier alpha value is -3.15. The van der Waals surface area contributed by atoms with E-state index in [0.717, 1.165) is 103 Å². The lowest BCUT2D eigenvalue weighted by Gasteiger charge is -2.18. The first kappa shape index (κ1) is 68.8. The van der Waals surface area contributed by atoms with E-state index >= 15 is 0 Å². The van der Waals surface area contributed by atoms with Crippen LogP contribution in [-0.4, -0.2) is 37.2 Å². The summed E-state index contributed by atoms with van der Waals surface area (Å²) in [5.41, 5.74) is 0. The standard InChI is InChI=1S/C66H116O6/c1-4-7-10-13-16-19-22-25-28-31-34-37-40-43-46-49-52-55-58-64(67)70-61-63(72-66(69)60-57-54-51-48-45-42-39-36-33-30-27-24-21-18-15-12-9-6-3)62-71-65(68)59-56-53-50-47-44-41-38-35-32-29-26-23-20-17-14-11-8-5-2/h16,19,22,25,28,31,34-39,63H,4-15,17-18,20-21,23-24,26-27,29-30,32-33,40-62H2,1-3H3/b19-16-,25-22-,31-28-,37-34-,38-35-,39-36-. The van der Waals surface area contributed by atoms with Crippen molar-refractivity contribution >= 4 is 17.9 Å². The quantitative estimate of drug-likeness (QED) is 0.0199. The Kier molecular flexibility index (Phi) is 57.8. The molecule has 0 aliphatic carbocycles. The number of hydrogen-bond donors (Lipinski definition) is 0. The van der Waals surface area contributed by atoms with E-state index in [4.69, 9.17) is 14.2 Å². The van der Waals surface area contributed by atoms with Gasteiger partial charge in [0, 0.05) is 19.3 Å². The topological polar surface area (TPSA) is 78.9 Å². The smallest absolute Gasteiger partial charge is 0.306 e. The normalized spacial score (nSPS) is 12.5. The minimum Gasteiger partial charge on any atom is -0.462 e. The number of esters is 3. The lowest BCUT2D eigenvalue weighted by molar-refractivity contribution is -0.167. The molecule has 1 atom stereocenters. The summed E-state index contributed by atoms with van der Waals surface area (Å²) in [4.78, 5) is 38.3. The number of ether oxygens (including phenoxy) is 3. The van der Waals surface area contributed by atoms with Gasteiger partial charge in [-0.25, -0.2) is 0 Å². The van der Waals surface area contributed by atoms with E-state index in [1.54, 1.807) is 0 Å². The van der Waals surface area contributed by atoms with Gasteiger partial charge in [-0.2, -0.15) is 0 Å². The summed E-state index contributed by atoms with van der Waals surface area (Å²) in [5.74, 6) is -0.917. The number of carbonyl (C=O) groups is 3. The van der Waals surface area contributed by atoms with Gasteiger partial charge in [0.15, 0.2) is 6.10 Å². The number of rotatable bonds is 56. The van der Waals surface area contributed by atoms with Crippen molar-refractivity contribution in [2.45, 2.75) is 316 Å². The van der Waals surface area contributed by atoms with Crippen LogP contribution in [0.2, 0.25) is 0 Å². The van der Waals surface area contributed by atoms with Gasteiger partial charge in [0.05, 0.1) is 0 Å². The maximum atomic E-state index is 12.9. The third-order valence-electron chi connectivity index (χ3n) is 13.5. The van der Waals surface area contributed by atoms with Crippen molar-refractivity contribution in [1.82, 2.24) is 0 Å². The Labute approximate surface area is 446 Å². The molecule has 0 aliphatic heterocycles. The predicted octanol–water partition coefficient (Wildman–Crippen LogP) is 20.9. The molecule has 0 aromatic heterocycles. The Morgan fingerprint density at radius 3 is 0.847 bits per heavy atom. The average Bonchev–Trinajstić information content (AvgIpc) is 3.38. The minimum absolute atomic E-state index is 0.0899. The molecule has 0 bridgehead atoms. The minimum atomic E-state index is -0.794. The zero-order valence-corrected chi connectivity index (χ0v) is 47.7. The summed E-state index contributed by atoms with van der Waals surface area (Å²) in [6, 6.07) is 0. The first-order valence-electron chi connectivity index (χ1n) is 31.0. The molecule has 0 amide bonds. The molecule has 6 heteroatoms. The molecule has 0 aromatic rings. The molecule has 0 rings (SSSR count). The largest absolute Gasteiger partial charge is 0.462 e. The molecule has 0 saturated heterocycles. The zero-order valence-electron chi connectivity index (χ0n) is 47.7. The van der Waals surface area contributed by atoms with Gasteiger partial charge in [0.2, 0.25) is 0 Å². The van der Waals surface area contributed by atoms with Crippen LogP contribution in [0.3, 0.4) is 0 Å². The highest BCUT2D eigenvalue weighted by atomic mass is 16.6. The molecular formula is C66H116O6. The molecule has 0 radical (unpaired) electrons. The van der Waals surface area contributed by atoms with Gasteiger partial charge in [-0.15, -0.1) is 0 Å². The van der Waals surface area contributed by atoms with Crippen LogP contribution in [0.15, 0.2) is 72.9 Å². The molecule has 1 unspecified atom stereocenters. The molecule has 72 heavy (non-hydrogen) atoms. The number of carbonyl (C=O) groups excluding carboxylic acids is 3. The first-order chi connectivity index (χ1) is 35.5. The summed E-state index contributed by atoms with van der Waals surface area (Å²) in [5, 5.41) is 0. The van der Waals surface area contributed by atoms with Gasteiger partial charge >= 0.3 is 17.9 Å². The second-order valence-electron chi connectivity index (χ2n) is 20.7. The van der Waals surface area contributed by atoms with Crippen LogP contribution in [0, 0.1) is 0 Å². The molecule has 0 aromatic carbocycles. The predicted molar refractivity (Wildman–Crippen MR) is 311 cm³/mol. The molecule has 6 nitrogen and oxygen atoms in total. The molecule has 416 valence electrons. The molecule has 0 aliphatic rings. The van der Waals surface area contributed by atoms with Crippen molar-refractivity contribution in [3.05, 3.63) is 72.9 Å². The van der Waals surface area contributed by atoms with Crippen LogP contribution in [0.4, 0.5) is 0 Å². The summed E-state index contributed by atoms with van der Waals surface area (Å²) < 4.78 is 16.9. The van der Waals surface area contributed by atoms with Gasteiger partial charge in [0.1, 0.15) is 13.2 Å². The van der Waals surface area contributed by atoms with Crippen LogP contribution >= 0.6 is 0 Å². The van der Waals surface area contributed by atoms with E-state index in [1.807, 2.05) is 0 Å². The van der Waals surface area contributed by atoms with Crippen molar-refractivity contribution in [2.24, 2.45) is 0 Å². The molecule has 0 N–H and O–H groups in total. The average molecular weight is 1010 g/mol. The summed E-state index contributed by atoms with van der Waals surface area (Å²) >= 11 is 0. The maximum absolute atomic E-state index is 12.9. The molecular weight excluding hydrogens is 889 g/mol. The second-order valence-corrected chi connectivity index (χ2v) is 20.7. The highest BCUT2D eigenvalue weighted by molar-refractivity contribution is 5.71. The summed E-state index contributed by atoms with van der Waals surface area (Å²) in [6.07, 6.45) is 77.5. The number of unbranched alkanes of at least 4 members (excludes halogenated alkanes) is 36. The number of hydrogen-bond acceptors (Lipinski definition) is 6. The van der Waals surface area contributed by atoms with E-state index < -0.39 is 6.10 Å². The first-order valence-corrected chi connectivity index (χ1v) is 31.0. The fourth-order valence-corrected chi connectivity index (χ4v) is 8.80. The van der Waals surface area contributed by atoms with Gasteiger partial charge in [-0.1, -0.05) is 267 Å². The summed E-state index contributed by atoms with van der Waals surface area (Å²) in [6.45, 7) is 6.60. The van der Waals surface area contributed by atoms with E-state index in [-0.39, 0.29) is 31.1 Å². The van der Waals surface area contributed by atoms with E-state index in [1.165, 1.54) is 167 Å². The van der Waals surface area contributed by atoms with Crippen LogP contribution in [-0.2, 0) is 28.6 Å². The van der Waals surface area contributed by atoms with Gasteiger partial charge in [-0.05, 0) is 96.3 Å². The van der Waals surface area contributed by atoms with Crippen LogP contribution < -0.4 is 0 Å². The van der Waals surface area contributed by atoms with E-state index in [9.17, 15) is 14.4 Å². The third kappa shape index (κ3) is 57.7. The van der Waals surface area contributed by atoms with E-state index in [0.29, 0.717) is 19.3 Å². The van der Waals surface area contributed by atoms with E-state index in [2.05, 4.69) is 93.7 Å². The Bertz CT molecular complexity index is 1340. The highest BCUT2D eigenvalue weighted by Gasteiger charge is 2.19. The summed E-state index contributed by atoms with van der Waals surface area (Å²) in [7, 11) is 0. The van der Waals surface area contributed by atoms with Gasteiger partial charge in [-0.3, -0.25) is 14.4 Å². The van der Waals surface area contributed by atoms with Crippen molar-refractivity contribution < 1.29 is 28.6 Å².